The molecule has 1 heterocycles. The van der Waals surface area contributed by atoms with Crippen LogP contribution >= 0.6 is 0 Å². The molecule has 2 aromatic carbocycles. The van der Waals surface area contributed by atoms with Crippen molar-refractivity contribution in [2.75, 3.05) is 5.75 Å². The Hall–Kier alpha value is -2.05. The monoisotopic (exact) mass is 472 g/mol. The van der Waals surface area contributed by atoms with Gasteiger partial charge in [0, 0.05) is 29.3 Å². The Kier molecular flexibility index (Phi) is 7.49. The predicted molar refractivity (Wildman–Crippen MR) is 135 cm³/mol. The molecule has 1 atom stereocenters. The van der Waals surface area contributed by atoms with Crippen LogP contribution in [0.1, 0.15) is 77.5 Å². The first-order valence-electron chi connectivity index (χ1n) is 11.9. The van der Waals surface area contributed by atoms with Gasteiger partial charge in [0.15, 0.2) is 11.5 Å². The van der Waals surface area contributed by atoms with Crippen LogP contribution in [0.25, 0.3) is 0 Å². The van der Waals surface area contributed by atoms with E-state index in [0.717, 1.165) is 44.3 Å². The number of aromatic hydroxyl groups is 1. The molecule has 1 aliphatic rings. The summed E-state index contributed by atoms with van der Waals surface area (Å²) < 4.78 is 27.1. The molecule has 0 fully saturated rings. The fourth-order valence-corrected chi connectivity index (χ4v) is 5.75. The minimum absolute atomic E-state index is 0.0350. The second kappa shape index (κ2) is 9.67. The van der Waals surface area contributed by atoms with Crippen molar-refractivity contribution in [1.82, 2.24) is 4.90 Å². The number of nitrogens with zero attached hydrogens (tertiary/aromatic N) is 1. The van der Waals surface area contributed by atoms with Crippen LogP contribution in [0.5, 0.6) is 11.5 Å². The third-order valence-corrected chi connectivity index (χ3v) is 8.27. The molecule has 0 amide bonds. The van der Waals surface area contributed by atoms with Crippen LogP contribution in [-0.4, -0.2) is 31.1 Å². The summed E-state index contributed by atoms with van der Waals surface area (Å²) in [7, 11) is -2.71. The second-order valence-corrected chi connectivity index (χ2v) is 13.1. The van der Waals surface area contributed by atoms with Crippen LogP contribution in [0.3, 0.4) is 0 Å². The summed E-state index contributed by atoms with van der Waals surface area (Å²) in [6, 6.07) is 11.6. The van der Waals surface area contributed by atoms with Gasteiger partial charge in [0.25, 0.3) is 0 Å². The Morgan fingerprint density at radius 2 is 1.76 bits per heavy atom. The molecule has 5 nitrogen and oxygen atoms in total. The van der Waals surface area contributed by atoms with Crippen molar-refractivity contribution in [1.29, 1.82) is 4.78 Å². The third kappa shape index (κ3) is 6.51. The highest BCUT2D eigenvalue weighted by Gasteiger charge is 2.32. The number of hydrogen-bond donors (Lipinski definition) is 2. The van der Waals surface area contributed by atoms with E-state index in [9.17, 15) is 9.32 Å². The predicted octanol–water partition coefficient (Wildman–Crippen LogP) is 6.50. The first kappa shape index (κ1) is 25.6. The van der Waals surface area contributed by atoms with E-state index >= 15 is 0 Å². The van der Waals surface area contributed by atoms with E-state index < -0.39 is 9.73 Å². The minimum atomic E-state index is -2.71. The summed E-state index contributed by atoms with van der Waals surface area (Å²) >= 11 is 0. The Labute approximate surface area is 200 Å². The molecule has 6 heteroatoms. The van der Waals surface area contributed by atoms with E-state index in [1.807, 2.05) is 45.0 Å². The van der Waals surface area contributed by atoms with Gasteiger partial charge in [-0.05, 0) is 94.8 Å². The number of benzene rings is 2. The average Bonchev–Trinajstić information content (AvgIpc) is 3.16. The number of phenolic OH excluding ortho intramolecular Hbond substituents is 1. The van der Waals surface area contributed by atoms with E-state index in [4.69, 9.17) is 9.52 Å². The van der Waals surface area contributed by atoms with Gasteiger partial charge in [0.2, 0.25) is 0 Å². The summed E-state index contributed by atoms with van der Waals surface area (Å²) in [5.74, 6) is 1.13. The van der Waals surface area contributed by atoms with Gasteiger partial charge in [0.1, 0.15) is 5.60 Å². The van der Waals surface area contributed by atoms with Crippen LogP contribution in [0.4, 0.5) is 0 Å². The van der Waals surface area contributed by atoms with Crippen LogP contribution in [0.15, 0.2) is 41.3 Å². The first-order chi connectivity index (χ1) is 15.3. The molecule has 1 unspecified atom stereocenters. The van der Waals surface area contributed by atoms with E-state index in [1.165, 1.54) is 11.1 Å². The average molecular weight is 473 g/mol. The summed E-state index contributed by atoms with van der Waals surface area (Å²) in [6.07, 6.45) is 3.61. The standard InChI is InChI=1S/C27H40N2O3S/c1-7-8-15-33(28,31)23-11-10-21-18-29(19-22(21)17-23)27(5,6)14-13-20-9-12-24(30)25(16-20)32-26(2,3)4/h9-12,16-17,28,30H,7-8,13-15,18-19H2,1-6H3. The van der Waals surface area contributed by atoms with E-state index in [1.54, 1.807) is 6.07 Å². The fraction of sp³-hybridized carbons (Fsp3) is 0.556. The zero-order chi connectivity index (χ0) is 24.4. The number of unbranched alkanes of at least 4 members (excludes halogenated alkanes) is 1. The molecule has 3 rings (SSSR count). The maximum absolute atomic E-state index is 12.8. The molecular formula is C27H40N2O3S. The normalized spacial score (nSPS) is 16.4. The van der Waals surface area contributed by atoms with Crippen molar-refractivity contribution >= 4 is 9.73 Å². The number of hydrogen-bond acceptors (Lipinski definition) is 5. The summed E-state index contributed by atoms with van der Waals surface area (Å²) in [5, 5.41) is 10.2. The quantitative estimate of drug-likeness (QED) is 0.437. The zero-order valence-corrected chi connectivity index (χ0v) is 21.8. The second-order valence-electron chi connectivity index (χ2n) is 10.8. The zero-order valence-electron chi connectivity index (χ0n) is 21.0. The molecule has 0 bridgehead atoms. The highest BCUT2D eigenvalue weighted by atomic mass is 32.2. The number of phenols is 1. The smallest absolute Gasteiger partial charge is 0.161 e. The molecule has 182 valence electrons. The molecule has 0 radical (unpaired) electrons. The van der Waals surface area contributed by atoms with E-state index in [-0.39, 0.29) is 16.9 Å². The lowest BCUT2D eigenvalue weighted by atomic mass is 9.93. The van der Waals surface area contributed by atoms with Crippen LogP contribution in [-0.2, 0) is 29.2 Å². The van der Waals surface area contributed by atoms with Gasteiger partial charge in [-0.1, -0.05) is 25.5 Å². The van der Waals surface area contributed by atoms with Gasteiger partial charge in [-0.25, -0.2) is 8.99 Å². The maximum atomic E-state index is 12.8. The number of ether oxygens (including phenoxy) is 1. The number of fused-ring (bicyclic) bond motifs is 1. The number of aryl methyl sites for hydroxylation is 1. The maximum Gasteiger partial charge on any atom is 0.161 e. The Balaban J connectivity index is 1.68. The summed E-state index contributed by atoms with van der Waals surface area (Å²) in [4.78, 5) is 3.14. The largest absolute Gasteiger partial charge is 0.504 e. The minimum Gasteiger partial charge on any atom is -0.504 e. The molecular weight excluding hydrogens is 432 g/mol. The van der Waals surface area contributed by atoms with Crippen LogP contribution in [0.2, 0.25) is 0 Å². The Morgan fingerprint density at radius 3 is 2.42 bits per heavy atom. The van der Waals surface area contributed by atoms with Crippen molar-refractivity contribution < 1.29 is 14.1 Å². The molecule has 2 aromatic rings. The topological polar surface area (TPSA) is 73.6 Å². The van der Waals surface area contributed by atoms with Crippen LogP contribution in [0, 0.1) is 4.78 Å². The van der Waals surface area contributed by atoms with Crippen LogP contribution < -0.4 is 4.74 Å². The number of rotatable bonds is 9. The van der Waals surface area contributed by atoms with Gasteiger partial charge >= 0.3 is 0 Å². The molecule has 0 aliphatic carbocycles. The lowest BCUT2D eigenvalue weighted by Crippen LogP contribution is -2.40. The molecule has 0 saturated carbocycles. The molecule has 0 saturated heterocycles. The molecule has 1 aliphatic heterocycles. The molecule has 0 spiro atoms. The van der Waals surface area contributed by atoms with Crippen molar-refractivity contribution in [3.8, 4) is 11.5 Å². The van der Waals surface area contributed by atoms with Gasteiger partial charge in [-0.3, -0.25) is 4.90 Å². The fourth-order valence-electron chi connectivity index (χ4n) is 4.20. The highest BCUT2D eigenvalue weighted by Crippen LogP contribution is 2.35. The molecule has 2 N–H and O–H groups in total. The van der Waals surface area contributed by atoms with Crippen molar-refractivity contribution in [3.05, 3.63) is 53.1 Å². The van der Waals surface area contributed by atoms with Gasteiger partial charge in [-0.2, -0.15) is 0 Å². The number of nitrogens with one attached hydrogen (secondary N) is 1. The highest BCUT2D eigenvalue weighted by molar-refractivity contribution is 7.92. The van der Waals surface area contributed by atoms with Gasteiger partial charge in [0.05, 0.1) is 9.73 Å². The lowest BCUT2D eigenvalue weighted by molar-refractivity contribution is 0.109. The van der Waals surface area contributed by atoms with Crippen molar-refractivity contribution in [2.24, 2.45) is 0 Å². The van der Waals surface area contributed by atoms with Crippen molar-refractivity contribution in [3.63, 3.8) is 0 Å². The van der Waals surface area contributed by atoms with E-state index in [2.05, 4.69) is 31.7 Å². The van der Waals surface area contributed by atoms with Crippen molar-refractivity contribution in [2.45, 2.75) is 96.4 Å². The molecule has 33 heavy (non-hydrogen) atoms. The SMILES string of the molecule is CCCCS(=N)(=O)c1ccc2c(c1)CN(C(C)(C)CCc1ccc(O)c(OC(C)(C)C)c1)C2. The Bertz CT molecular complexity index is 1090. The third-order valence-electron chi connectivity index (χ3n) is 6.39. The van der Waals surface area contributed by atoms with E-state index in [0.29, 0.717) is 16.4 Å². The summed E-state index contributed by atoms with van der Waals surface area (Å²) in [5.41, 5.74) is 3.20. The summed E-state index contributed by atoms with van der Waals surface area (Å²) in [6.45, 7) is 14.2. The first-order valence-corrected chi connectivity index (χ1v) is 13.7. The molecule has 0 aromatic heterocycles. The lowest BCUT2D eigenvalue weighted by Gasteiger charge is -2.35. The Morgan fingerprint density at radius 1 is 1.06 bits per heavy atom. The van der Waals surface area contributed by atoms with Gasteiger partial charge in [-0.15, -0.1) is 0 Å². The van der Waals surface area contributed by atoms with Gasteiger partial charge < -0.3 is 9.84 Å².